The highest BCUT2D eigenvalue weighted by Gasteiger charge is 2.40. The van der Waals surface area contributed by atoms with E-state index in [1.54, 1.807) is 18.2 Å². The molecule has 0 aliphatic carbocycles. The number of carbonyl (C=O) groups excluding carboxylic acids is 2. The molecule has 1 aliphatic heterocycles. The smallest absolute Gasteiger partial charge is 0.282 e. The molecule has 5 nitrogen and oxygen atoms in total. The molecule has 1 N–H and O–H groups in total. The minimum atomic E-state index is -0.443. The predicted molar refractivity (Wildman–Crippen MR) is 119 cm³/mol. The third-order valence-electron chi connectivity index (χ3n) is 4.83. The second-order valence-corrected chi connectivity index (χ2v) is 7.28. The number of halogens is 1. The number of hydrogen-bond donors (Lipinski definition) is 1. The minimum absolute atomic E-state index is 0.226. The van der Waals surface area contributed by atoms with Crippen molar-refractivity contribution in [1.29, 1.82) is 0 Å². The van der Waals surface area contributed by atoms with E-state index in [0.717, 1.165) is 16.2 Å². The molecular formula is C24H19ClN2O3. The van der Waals surface area contributed by atoms with Gasteiger partial charge in [0, 0.05) is 5.69 Å². The van der Waals surface area contributed by atoms with Crippen LogP contribution in [0.2, 0.25) is 5.02 Å². The van der Waals surface area contributed by atoms with Gasteiger partial charge >= 0.3 is 0 Å². The maximum Gasteiger partial charge on any atom is 0.282 e. The highest BCUT2D eigenvalue weighted by molar-refractivity contribution is 6.46. The first kappa shape index (κ1) is 19.7. The van der Waals surface area contributed by atoms with Crippen molar-refractivity contribution in [3.8, 4) is 5.75 Å². The Morgan fingerprint density at radius 3 is 2.33 bits per heavy atom. The van der Waals surface area contributed by atoms with Crippen LogP contribution in [0.3, 0.4) is 0 Å². The number of carbonyl (C=O) groups is 2. The lowest BCUT2D eigenvalue weighted by Crippen LogP contribution is -2.32. The SMILES string of the molecule is COc1ccc(N2C(=O)C(Nc3cccc(C)c3)=C(c3ccccc3)C2=O)cc1Cl. The largest absolute Gasteiger partial charge is 0.495 e. The van der Waals surface area contributed by atoms with Crippen LogP contribution in [0.4, 0.5) is 11.4 Å². The number of nitrogens with one attached hydrogen (secondary N) is 1. The van der Waals surface area contributed by atoms with Gasteiger partial charge in [0.05, 0.1) is 23.4 Å². The van der Waals surface area contributed by atoms with Gasteiger partial charge in [0.15, 0.2) is 0 Å². The summed E-state index contributed by atoms with van der Waals surface area (Å²) in [7, 11) is 1.51. The van der Waals surface area contributed by atoms with E-state index in [-0.39, 0.29) is 5.70 Å². The molecular weight excluding hydrogens is 400 g/mol. The lowest BCUT2D eigenvalue weighted by Gasteiger charge is -2.16. The van der Waals surface area contributed by atoms with E-state index in [4.69, 9.17) is 16.3 Å². The zero-order valence-corrected chi connectivity index (χ0v) is 17.2. The number of anilines is 2. The van der Waals surface area contributed by atoms with E-state index < -0.39 is 11.8 Å². The predicted octanol–water partition coefficient (Wildman–Crippen LogP) is 5.05. The quantitative estimate of drug-likeness (QED) is 0.589. The van der Waals surface area contributed by atoms with Crippen molar-refractivity contribution in [2.75, 3.05) is 17.3 Å². The normalized spacial score (nSPS) is 13.8. The Morgan fingerprint density at radius 1 is 0.900 bits per heavy atom. The van der Waals surface area contributed by atoms with Crippen LogP contribution in [0.5, 0.6) is 5.75 Å². The molecule has 0 saturated carbocycles. The zero-order valence-electron chi connectivity index (χ0n) is 16.5. The van der Waals surface area contributed by atoms with Crippen molar-refractivity contribution in [2.45, 2.75) is 6.92 Å². The average Bonchev–Trinajstić information content (AvgIpc) is 2.98. The number of nitrogens with zero attached hydrogens (tertiary/aromatic N) is 1. The Hall–Kier alpha value is -3.57. The third-order valence-corrected chi connectivity index (χ3v) is 5.12. The van der Waals surface area contributed by atoms with Crippen molar-refractivity contribution < 1.29 is 14.3 Å². The number of hydrogen-bond acceptors (Lipinski definition) is 4. The number of methoxy groups -OCH3 is 1. The van der Waals surface area contributed by atoms with E-state index in [2.05, 4.69) is 5.32 Å². The maximum atomic E-state index is 13.4. The van der Waals surface area contributed by atoms with Crippen LogP contribution >= 0.6 is 11.6 Å². The molecule has 0 bridgehead atoms. The van der Waals surface area contributed by atoms with Crippen LogP contribution in [0.25, 0.3) is 5.57 Å². The van der Waals surface area contributed by atoms with Gasteiger partial charge in [-0.1, -0.05) is 54.1 Å². The molecule has 0 radical (unpaired) electrons. The number of aryl methyl sites for hydroxylation is 1. The van der Waals surface area contributed by atoms with Crippen LogP contribution in [-0.4, -0.2) is 18.9 Å². The molecule has 3 aromatic carbocycles. The monoisotopic (exact) mass is 418 g/mol. The fraction of sp³-hybridized carbons (Fsp3) is 0.0833. The molecule has 0 saturated heterocycles. The Kier molecular flexibility index (Phi) is 5.29. The molecule has 0 spiro atoms. The molecule has 1 aliphatic rings. The summed E-state index contributed by atoms with van der Waals surface area (Å²) in [5.74, 6) is -0.391. The molecule has 0 fully saturated rings. The van der Waals surface area contributed by atoms with Crippen LogP contribution in [0, 0.1) is 6.92 Å². The number of ether oxygens (including phenoxy) is 1. The summed E-state index contributed by atoms with van der Waals surface area (Å²) in [5.41, 5.74) is 3.35. The standard InChI is InChI=1S/C24H19ClN2O3/c1-15-7-6-10-17(13-15)26-22-21(16-8-4-3-5-9-16)23(28)27(24(22)29)18-11-12-20(30-2)19(25)14-18/h3-14,26H,1-2H3. The minimum Gasteiger partial charge on any atom is -0.495 e. The summed E-state index contributed by atoms with van der Waals surface area (Å²) >= 11 is 6.24. The van der Waals surface area contributed by atoms with Gasteiger partial charge in [0.1, 0.15) is 11.4 Å². The van der Waals surface area contributed by atoms with Gasteiger partial charge in [0.25, 0.3) is 11.8 Å². The third kappa shape index (κ3) is 3.55. The van der Waals surface area contributed by atoms with E-state index in [1.807, 2.05) is 61.5 Å². The first-order valence-electron chi connectivity index (χ1n) is 9.35. The van der Waals surface area contributed by atoms with Gasteiger partial charge in [-0.25, -0.2) is 4.90 Å². The summed E-state index contributed by atoms with van der Waals surface area (Å²) in [6.45, 7) is 1.96. The van der Waals surface area contributed by atoms with E-state index in [1.165, 1.54) is 7.11 Å². The molecule has 0 aromatic heterocycles. The highest BCUT2D eigenvalue weighted by atomic mass is 35.5. The van der Waals surface area contributed by atoms with Gasteiger partial charge in [-0.3, -0.25) is 9.59 Å². The fourth-order valence-electron chi connectivity index (χ4n) is 3.41. The second kappa shape index (κ2) is 8.05. The summed E-state index contributed by atoms with van der Waals surface area (Å²) in [5, 5.41) is 3.47. The first-order chi connectivity index (χ1) is 14.5. The topological polar surface area (TPSA) is 58.6 Å². The zero-order chi connectivity index (χ0) is 21.3. The summed E-state index contributed by atoms with van der Waals surface area (Å²) in [6.07, 6.45) is 0. The fourth-order valence-corrected chi connectivity index (χ4v) is 3.67. The highest BCUT2D eigenvalue weighted by Crippen LogP contribution is 2.36. The molecule has 2 amide bonds. The van der Waals surface area contributed by atoms with Gasteiger partial charge < -0.3 is 10.1 Å². The van der Waals surface area contributed by atoms with Crippen molar-refractivity contribution in [2.24, 2.45) is 0 Å². The second-order valence-electron chi connectivity index (χ2n) is 6.88. The number of rotatable bonds is 5. The Bertz CT molecular complexity index is 1170. The summed E-state index contributed by atoms with van der Waals surface area (Å²) < 4.78 is 5.17. The van der Waals surface area contributed by atoms with Crippen molar-refractivity contribution in [1.82, 2.24) is 0 Å². The molecule has 4 rings (SSSR count). The van der Waals surface area contributed by atoms with Gasteiger partial charge in [-0.2, -0.15) is 0 Å². The van der Waals surface area contributed by atoms with E-state index >= 15 is 0 Å². The number of amides is 2. The van der Waals surface area contributed by atoms with Gasteiger partial charge in [-0.05, 0) is 48.4 Å². The van der Waals surface area contributed by atoms with E-state index in [9.17, 15) is 9.59 Å². The maximum absolute atomic E-state index is 13.4. The van der Waals surface area contributed by atoms with Crippen LogP contribution in [-0.2, 0) is 9.59 Å². The van der Waals surface area contributed by atoms with Crippen LogP contribution < -0.4 is 15.0 Å². The number of benzene rings is 3. The Labute approximate surface area is 179 Å². The Balaban J connectivity index is 1.81. The Morgan fingerprint density at radius 2 is 1.67 bits per heavy atom. The molecule has 6 heteroatoms. The lowest BCUT2D eigenvalue weighted by atomic mass is 10.0. The molecule has 3 aromatic rings. The summed E-state index contributed by atoms with van der Waals surface area (Å²) in [4.78, 5) is 27.9. The first-order valence-corrected chi connectivity index (χ1v) is 9.73. The van der Waals surface area contributed by atoms with Gasteiger partial charge in [0.2, 0.25) is 0 Å². The lowest BCUT2D eigenvalue weighted by molar-refractivity contribution is -0.120. The molecule has 30 heavy (non-hydrogen) atoms. The summed E-state index contributed by atoms with van der Waals surface area (Å²) in [6, 6.07) is 21.6. The van der Waals surface area contributed by atoms with Gasteiger partial charge in [-0.15, -0.1) is 0 Å². The molecule has 0 atom stereocenters. The van der Waals surface area contributed by atoms with Crippen molar-refractivity contribution in [3.05, 3.63) is 94.6 Å². The van der Waals surface area contributed by atoms with E-state index in [0.29, 0.717) is 27.6 Å². The van der Waals surface area contributed by atoms with Crippen molar-refractivity contribution in [3.63, 3.8) is 0 Å². The van der Waals surface area contributed by atoms with Crippen molar-refractivity contribution >= 4 is 40.4 Å². The molecule has 150 valence electrons. The molecule has 1 heterocycles. The number of imide groups is 1. The van der Waals surface area contributed by atoms with Crippen LogP contribution in [0.15, 0.2) is 78.5 Å². The van der Waals surface area contributed by atoms with Crippen LogP contribution in [0.1, 0.15) is 11.1 Å². The molecule has 0 unspecified atom stereocenters. The average molecular weight is 419 g/mol.